The second-order valence-corrected chi connectivity index (χ2v) is 8.17. The topological polar surface area (TPSA) is 84.0 Å². The molecule has 0 aliphatic carbocycles. The van der Waals surface area contributed by atoms with Crippen molar-refractivity contribution in [2.75, 3.05) is 31.6 Å². The Labute approximate surface area is 125 Å². The maximum Gasteiger partial charge on any atom is 0.312 e. The highest BCUT2D eigenvalue weighted by atomic mass is 32.2. The number of amides is 2. The van der Waals surface area contributed by atoms with E-state index in [2.05, 4.69) is 0 Å². The molecule has 2 heterocycles. The summed E-state index contributed by atoms with van der Waals surface area (Å²) in [5, 5.41) is 0. The molecule has 2 aliphatic heterocycles. The fourth-order valence-corrected chi connectivity index (χ4v) is 4.65. The fourth-order valence-electron chi connectivity index (χ4n) is 2.88. The predicted octanol–water partition coefficient (Wildman–Crippen LogP) is -0.732. The van der Waals surface area contributed by atoms with Gasteiger partial charge in [-0.3, -0.25) is 9.59 Å². The van der Waals surface area contributed by atoms with Crippen LogP contribution in [0, 0.1) is 0 Å². The van der Waals surface area contributed by atoms with Crippen molar-refractivity contribution in [2.45, 2.75) is 38.5 Å². The van der Waals surface area contributed by atoms with Gasteiger partial charge in [0, 0.05) is 26.2 Å². The number of carbonyl (C=O) groups is 2. The minimum atomic E-state index is -3.08. The van der Waals surface area contributed by atoms with E-state index in [-0.39, 0.29) is 23.7 Å². The molecule has 0 aromatic carbocycles. The highest BCUT2D eigenvalue weighted by molar-refractivity contribution is 7.91. The first-order chi connectivity index (χ1) is 9.69. The quantitative estimate of drug-likeness (QED) is 0.595. The van der Waals surface area contributed by atoms with E-state index in [0.717, 1.165) is 0 Å². The van der Waals surface area contributed by atoms with Gasteiger partial charge in [-0.15, -0.1) is 0 Å². The molecule has 0 bridgehead atoms. The highest BCUT2D eigenvalue weighted by Crippen LogP contribution is 2.18. The van der Waals surface area contributed by atoms with Gasteiger partial charge >= 0.3 is 11.8 Å². The Bertz CT molecular complexity index is 523. The largest absolute Gasteiger partial charge is 0.372 e. The predicted molar refractivity (Wildman–Crippen MR) is 76.4 cm³/mol. The summed E-state index contributed by atoms with van der Waals surface area (Å²) in [4.78, 5) is 27.3. The van der Waals surface area contributed by atoms with Crippen LogP contribution in [-0.2, 0) is 24.2 Å². The summed E-state index contributed by atoms with van der Waals surface area (Å²) in [6, 6.07) is -0.401. The Kier molecular flexibility index (Phi) is 4.57. The van der Waals surface area contributed by atoms with Gasteiger partial charge in [-0.2, -0.15) is 0 Å². The summed E-state index contributed by atoms with van der Waals surface area (Å²) >= 11 is 0. The van der Waals surface area contributed by atoms with Crippen LogP contribution >= 0.6 is 0 Å². The number of hydrogen-bond acceptors (Lipinski definition) is 5. The van der Waals surface area contributed by atoms with E-state index in [1.807, 2.05) is 13.8 Å². The molecule has 2 rings (SSSR count). The molecule has 2 aliphatic rings. The zero-order chi connectivity index (χ0) is 15.8. The third-order valence-electron chi connectivity index (χ3n) is 3.97. The lowest BCUT2D eigenvalue weighted by atomic mass is 10.2. The second kappa shape index (κ2) is 5.92. The van der Waals surface area contributed by atoms with Crippen molar-refractivity contribution in [1.82, 2.24) is 9.80 Å². The lowest BCUT2D eigenvalue weighted by Gasteiger charge is -2.36. The molecular formula is C13H22N2O5S. The second-order valence-electron chi connectivity index (χ2n) is 5.94. The lowest BCUT2D eigenvalue weighted by molar-refractivity contribution is -0.158. The Balaban J connectivity index is 2.00. The van der Waals surface area contributed by atoms with Gasteiger partial charge in [0.1, 0.15) is 0 Å². The van der Waals surface area contributed by atoms with E-state index in [1.54, 1.807) is 0 Å². The minimum absolute atomic E-state index is 0.0571. The number of carbonyl (C=O) groups excluding carboxylic acids is 2. The van der Waals surface area contributed by atoms with Gasteiger partial charge in [0.25, 0.3) is 0 Å². The molecule has 0 radical (unpaired) electrons. The summed E-state index contributed by atoms with van der Waals surface area (Å²) in [6.45, 7) is 4.47. The van der Waals surface area contributed by atoms with Crippen LogP contribution in [0.25, 0.3) is 0 Å². The van der Waals surface area contributed by atoms with Crippen molar-refractivity contribution in [3.05, 3.63) is 0 Å². The molecular weight excluding hydrogens is 296 g/mol. The van der Waals surface area contributed by atoms with E-state index >= 15 is 0 Å². The maximum atomic E-state index is 12.3. The van der Waals surface area contributed by atoms with Crippen LogP contribution in [-0.4, -0.2) is 79.9 Å². The summed E-state index contributed by atoms with van der Waals surface area (Å²) in [5.74, 6) is -1.20. The van der Waals surface area contributed by atoms with Crippen molar-refractivity contribution >= 4 is 21.7 Å². The number of morpholine rings is 1. The van der Waals surface area contributed by atoms with E-state index in [9.17, 15) is 18.0 Å². The number of nitrogens with zero attached hydrogens (tertiary/aromatic N) is 2. The number of rotatable bonds is 1. The van der Waals surface area contributed by atoms with E-state index < -0.39 is 27.7 Å². The van der Waals surface area contributed by atoms with Gasteiger partial charge in [-0.1, -0.05) is 0 Å². The summed E-state index contributed by atoms with van der Waals surface area (Å²) in [5.41, 5.74) is 0. The average Bonchev–Trinajstić information content (AvgIpc) is 2.75. The molecule has 0 aromatic heterocycles. The standard InChI is InChI=1S/C13H22N2O5S/c1-9-6-15(7-10(2)20-9)13(17)12(16)14(3)11-4-5-21(18,19)8-11/h9-11H,4-8H2,1-3H3. The SMILES string of the molecule is CC1CN(C(=O)C(=O)N(C)C2CCS(=O)(=O)C2)CC(C)O1. The maximum absolute atomic E-state index is 12.3. The molecule has 2 amide bonds. The number of ether oxygens (including phenoxy) is 1. The molecule has 0 spiro atoms. The summed E-state index contributed by atoms with van der Waals surface area (Å²) < 4.78 is 28.5. The molecule has 3 unspecified atom stereocenters. The zero-order valence-corrected chi connectivity index (χ0v) is 13.4. The highest BCUT2D eigenvalue weighted by Gasteiger charge is 2.37. The van der Waals surface area contributed by atoms with Crippen molar-refractivity contribution < 1.29 is 22.7 Å². The molecule has 0 aromatic rings. The Morgan fingerprint density at radius 3 is 2.24 bits per heavy atom. The molecule has 7 nitrogen and oxygen atoms in total. The normalized spacial score (nSPS) is 32.0. The first-order valence-corrected chi connectivity index (χ1v) is 8.93. The Morgan fingerprint density at radius 1 is 1.19 bits per heavy atom. The Hall–Kier alpha value is -1.15. The van der Waals surface area contributed by atoms with Crippen molar-refractivity contribution in [2.24, 2.45) is 0 Å². The van der Waals surface area contributed by atoms with Gasteiger partial charge in [0.15, 0.2) is 9.84 Å². The molecule has 120 valence electrons. The zero-order valence-electron chi connectivity index (χ0n) is 12.6. The van der Waals surface area contributed by atoms with E-state index in [4.69, 9.17) is 4.74 Å². The monoisotopic (exact) mass is 318 g/mol. The molecule has 3 atom stereocenters. The number of sulfone groups is 1. The number of hydrogen-bond donors (Lipinski definition) is 0. The van der Waals surface area contributed by atoms with Crippen LogP contribution in [0.1, 0.15) is 20.3 Å². The van der Waals surface area contributed by atoms with Crippen LogP contribution < -0.4 is 0 Å². The molecule has 2 fully saturated rings. The lowest BCUT2D eigenvalue weighted by Crippen LogP contribution is -2.54. The molecule has 0 N–H and O–H groups in total. The fraction of sp³-hybridized carbons (Fsp3) is 0.846. The molecule has 0 saturated carbocycles. The summed E-state index contributed by atoms with van der Waals surface area (Å²) in [6.07, 6.45) is 0.179. The van der Waals surface area contributed by atoms with Crippen molar-refractivity contribution in [3.8, 4) is 0 Å². The molecule has 2 saturated heterocycles. The molecule has 8 heteroatoms. The van der Waals surface area contributed by atoms with Crippen LogP contribution in [0.3, 0.4) is 0 Å². The summed E-state index contributed by atoms with van der Waals surface area (Å²) in [7, 11) is -1.58. The molecule has 21 heavy (non-hydrogen) atoms. The van der Waals surface area contributed by atoms with E-state index in [0.29, 0.717) is 19.5 Å². The van der Waals surface area contributed by atoms with Crippen LogP contribution in [0.5, 0.6) is 0 Å². The third kappa shape index (κ3) is 3.74. The van der Waals surface area contributed by atoms with Crippen molar-refractivity contribution in [3.63, 3.8) is 0 Å². The van der Waals surface area contributed by atoms with Gasteiger partial charge in [-0.05, 0) is 20.3 Å². The van der Waals surface area contributed by atoms with Gasteiger partial charge in [0.2, 0.25) is 0 Å². The first-order valence-electron chi connectivity index (χ1n) is 7.11. The Morgan fingerprint density at radius 2 is 1.76 bits per heavy atom. The van der Waals surface area contributed by atoms with Crippen LogP contribution in [0.4, 0.5) is 0 Å². The number of likely N-dealkylation sites (N-methyl/N-ethyl adjacent to an activating group) is 1. The first kappa shape index (κ1) is 16.2. The van der Waals surface area contributed by atoms with Crippen LogP contribution in [0.15, 0.2) is 0 Å². The average molecular weight is 318 g/mol. The van der Waals surface area contributed by atoms with Crippen LogP contribution in [0.2, 0.25) is 0 Å². The smallest absolute Gasteiger partial charge is 0.312 e. The van der Waals surface area contributed by atoms with Gasteiger partial charge in [0.05, 0.1) is 23.7 Å². The van der Waals surface area contributed by atoms with Gasteiger partial charge < -0.3 is 14.5 Å². The third-order valence-corrected chi connectivity index (χ3v) is 5.72. The van der Waals surface area contributed by atoms with Crippen molar-refractivity contribution in [1.29, 1.82) is 0 Å². The van der Waals surface area contributed by atoms with Gasteiger partial charge in [-0.25, -0.2) is 8.42 Å². The minimum Gasteiger partial charge on any atom is -0.372 e. The van der Waals surface area contributed by atoms with E-state index in [1.165, 1.54) is 16.8 Å².